The molecule has 0 aliphatic carbocycles. The number of nitrogens with zero attached hydrogens (tertiary/aromatic N) is 3. The number of aryl methyl sites for hydroxylation is 1. The zero-order valence-electron chi connectivity index (χ0n) is 9.50. The number of fused-ring (bicyclic) bond motifs is 1. The molecule has 1 unspecified atom stereocenters. The van der Waals surface area contributed by atoms with Gasteiger partial charge in [-0.25, -0.2) is 9.48 Å². The maximum Gasteiger partial charge on any atom is 0.345 e. The van der Waals surface area contributed by atoms with Gasteiger partial charge in [0.1, 0.15) is 11.9 Å². The Morgan fingerprint density at radius 3 is 2.94 bits per heavy atom. The molecule has 0 amide bonds. The van der Waals surface area contributed by atoms with E-state index in [4.69, 9.17) is 10.8 Å². The zero-order chi connectivity index (χ0) is 12.4. The molecule has 0 saturated heterocycles. The minimum Gasteiger partial charge on any atom is -0.480 e. The molecule has 0 bridgehead atoms. The zero-order valence-corrected chi connectivity index (χ0v) is 9.50. The van der Waals surface area contributed by atoms with Gasteiger partial charge in [-0.2, -0.15) is 5.10 Å². The van der Waals surface area contributed by atoms with Crippen molar-refractivity contribution >= 4 is 5.97 Å². The van der Waals surface area contributed by atoms with E-state index >= 15 is 0 Å². The average molecular weight is 240 g/mol. The molecule has 0 radical (unpaired) electrons. The summed E-state index contributed by atoms with van der Waals surface area (Å²) >= 11 is 0. The van der Waals surface area contributed by atoms with E-state index in [1.807, 2.05) is 0 Å². The lowest BCUT2D eigenvalue weighted by Gasteiger charge is -2.04. The summed E-state index contributed by atoms with van der Waals surface area (Å²) in [4.78, 5) is 22.6. The van der Waals surface area contributed by atoms with E-state index in [2.05, 4.69) is 5.10 Å². The van der Waals surface area contributed by atoms with E-state index in [0.717, 1.165) is 31.5 Å². The lowest BCUT2D eigenvalue weighted by Crippen LogP contribution is -2.38. The number of hydrogen-bond acceptors (Lipinski definition) is 4. The first-order valence-corrected chi connectivity index (χ1v) is 5.74. The third-order valence-corrected chi connectivity index (χ3v) is 2.97. The quantitative estimate of drug-likeness (QED) is 0.718. The fraction of sp³-hybridized carbons (Fsp3) is 0.700. The van der Waals surface area contributed by atoms with Crippen LogP contribution in [0.15, 0.2) is 4.79 Å². The van der Waals surface area contributed by atoms with Gasteiger partial charge in [-0.15, -0.1) is 0 Å². The minimum absolute atomic E-state index is 0.0752. The maximum absolute atomic E-state index is 11.9. The standard InChI is InChI=1S/C10H16N4O3/c11-7(9(15)16)6-14-10(17)13-5-3-1-2-4-8(13)12-14/h7H,1-6,11H2,(H,15,16). The van der Waals surface area contributed by atoms with Crippen molar-refractivity contribution in [1.29, 1.82) is 0 Å². The number of aliphatic carboxylic acids is 1. The van der Waals surface area contributed by atoms with E-state index in [1.165, 1.54) is 4.68 Å². The topological polar surface area (TPSA) is 103 Å². The van der Waals surface area contributed by atoms with Gasteiger partial charge in [0.25, 0.3) is 0 Å². The van der Waals surface area contributed by atoms with Crippen LogP contribution in [0.3, 0.4) is 0 Å². The molecule has 0 spiro atoms. The van der Waals surface area contributed by atoms with Crippen LogP contribution in [0.25, 0.3) is 0 Å². The van der Waals surface area contributed by atoms with Gasteiger partial charge in [-0.3, -0.25) is 9.36 Å². The van der Waals surface area contributed by atoms with Gasteiger partial charge in [0.15, 0.2) is 0 Å². The Balaban J connectivity index is 2.25. The van der Waals surface area contributed by atoms with Gasteiger partial charge in [-0.1, -0.05) is 6.42 Å². The lowest BCUT2D eigenvalue weighted by molar-refractivity contribution is -0.138. The summed E-state index contributed by atoms with van der Waals surface area (Å²) in [5.74, 6) is -0.384. The number of carbonyl (C=O) groups is 1. The summed E-state index contributed by atoms with van der Waals surface area (Å²) in [7, 11) is 0. The predicted molar refractivity (Wildman–Crippen MR) is 59.7 cm³/mol. The largest absolute Gasteiger partial charge is 0.480 e. The fourth-order valence-electron chi connectivity index (χ4n) is 2.01. The van der Waals surface area contributed by atoms with Crippen LogP contribution in [0.4, 0.5) is 0 Å². The highest BCUT2D eigenvalue weighted by Gasteiger charge is 2.19. The molecule has 7 heteroatoms. The number of aromatic nitrogens is 3. The van der Waals surface area contributed by atoms with Crippen LogP contribution >= 0.6 is 0 Å². The number of hydrogen-bond donors (Lipinski definition) is 2. The highest BCUT2D eigenvalue weighted by Crippen LogP contribution is 2.10. The van der Waals surface area contributed by atoms with Crippen LogP contribution in [-0.4, -0.2) is 31.5 Å². The van der Waals surface area contributed by atoms with Crippen LogP contribution in [0.2, 0.25) is 0 Å². The van der Waals surface area contributed by atoms with E-state index in [1.54, 1.807) is 4.57 Å². The van der Waals surface area contributed by atoms with Gasteiger partial charge < -0.3 is 10.8 Å². The molecule has 2 rings (SSSR count). The van der Waals surface area contributed by atoms with Crippen molar-refractivity contribution in [2.45, 2.75) is 44.8 Å². The Bertz CT molecular complexity index is 476. The first kappa shape index (κ1) is 11.8. The van der Waals surface area contributed by atoms with E-state index < -0.39 is 12.0 Å². The van der Waals surface area contributed by atoms with Crippen molar-refractivity contribution in [3.63, 3.8) is 0 Å². The number of rotatable bonds is 3. The van der Waals surface area contributed by atoms with E-state index in [9.17, 15) is 9.59 Å². The molecule has 0 saturated carbocycles. The van der Waals surface area contributed by atoms with Crippen LogP contribution < -0.4 is 11.4 Å². The molecule has 2 heterocycles. The Hall–Kier alpha value is -1.63. The predicted octanol–water partition coefficient (Wildman–Crippen LogP) is -0.817. The average Bonchev–Trinajstić information content (AvgIpc) is 2.49. The monoisotopic (exact) mass is 240 g/mol. The SMILES string of the molecule is NC(Cn1nc2n(c1=O)CCCCC2)C(=O)O. The number of nitrogens with two attached hydrogens (primary N) is 1. The molecule has 0 aromatic carbocycles. The molecule has 1 aromatic rings. The third kappa shape index (κ3) is 2.38. The second-order valence-corrected chi connectivity index (χ2v) is 4.29. The van der Waals surface area contributed by atoms with Gasteiger partial charge in [0.05, 0.1) is 6.54 Å². The Labute approximate surface area is 97.8 Å². The smallest absolute Gasteiger partial charge is 0.345 e. The lowest BCUT2D eigenvalue weighted by atomic mass is 10.2. The van der Waals surface area contributed by atoms with Gasteiger partial charge >= 0.3 is 11.7 Å². The number of carboxylic acid groups (broad SMARTS) is 1. The van der Waals surface area contributed by atoms with Crippen LogP contribution in [0.5, 0.6) is 0 Å². The first-order chi connectivity index (χ1) is 8.09. The molecule has 0 fully saturated rings. The summed E-state index contributed by atoms with van der Waals surface area (Å²) in [6, 6.07) is -1.09. The summed E-state index contributed by atoms with van der Waals surface area (Å²) < 4.78 is 2.79. The van der Waals surface area contributed by atoms with Crippen molar-refractivity contribution in [2.24, 2.45) is 5.73 Å². The molecule has 7 nitrogen and oxygen atoms in total. The summed E-state index contributed by atoms with van der Waals surface area (Å²) in [6.45, 7) is 0.588. The Morgan fingerprint density at radius 1 is 1.47 bits per heavy atom. The summed E-state index contributed by atoms with van der Waals surface area (Å²) in [6.07, 6.45) is 3.84. The van der Waals surface area contributed by atoms with Crippen molar-refractivity contribution < 1.29 is 9.90 Å². The molecule has 1 aromatic heterocycles. The van der Waals surface area contributed by atoms with Gasteiger partial charge in [-0.05, 0) is 12.8 Å². The van der Waals surface area contributed by atoms with Crippen molar-refractivity contribution in [1.82, 2.24) is 14.3 Å². The summed E-state index contributed by atoms with van der Waals surface area (Å²) in [5, 5.41) is 12.9. The van der Waals surface area contributed by atoms with Crippen molar-refractivity contribution in [3.8, 4) is 0 Å². The normalized spacial score (nSPS) is 17.2. The van der Waals surface area contributed by atoms with E-state index in [0.29, 0.717) is 6.54 Å². The van der Waals surface area contributed by atoms with Crippen LogP contribution in [-0.2, 0) is 24.3 Å². The van der Waals surface area contributed by atoms with Gasteiger partial charge in [0.2, 0.25) is 0 Å². The highest BCUT2D eigenvalue weighted by atomic mass is 16.4. The molecular formula is C10H16N4O3. The Kier molecular flexibility index (Phi) is 3.28. The number of carboxylic acids is 1. The molecule has 1 aliphatic rings. The highest BCUT2D eigenvalue weighted by molar-refractivity contribution is 5.72. The molecule has 94 valence electrons. The first-order valence-electron chi connectivity index (χ1n) is 5.74. The van der Waals surface area contributed by atoms with E-state index in [-0.39, 0.29) is 12.2 Å². The second kappa shape index (κ2) is 4.70. The van der Waals surface area contributed by atoms with Gasteiger partial charge in [0, 0.05) is 13.0 Å². The van der Waals surface area contributed by atoms with Crippen molar-refractivity contribution in [3.05, 3.63) is 16.3 Å². The molecule has 1 aliphatic heterocycles. The van der Waals surface area contributed by atoms with Crippen molar-refractivity contribution in [2.75, 3.05) is 0 Å². The Morgan fingerprint density at radius 2 is 2.24 bits per heavy atom. The van der Waals surface area contributed by atoms with Crippen LogP contribution in [0, 0.1) is 0 Å². The molecule has 1 atom stereocenters. The molecule has 17 heavy (non-hydrogen) atoms. The molecular weight excluding hydrogens is 224 g/mol. The minimum atomic E-state index is -1.12. The fourth-order valence-corrected chi connectivity index (χ4v) is 2.01. The molecule has 3 N–H and O–H groups in total. The second-order valence-electron chi connectivity index (χ2n) is 4.29. The van der Waals surface area contributed by atoms with Crippen LogP contribution in [0.1, 0.15) is 25.1 Å². The maximum atomic E-state index is 11.9. The summed E-state index contributed by atoms with van der Waals surface area (Å²) in [5.41, 5.74) is 5.15. The third-order valence-electron chi connectivity index (χ3n) is 2.97.